The molecule has 0 bridgehead atoms. The first-order valence-corrected chi connectivity index (χ1v) is 14.5. The second kappa shape index (κ2) is 12.2. The molecular formula is C28H32ClFN4O3S. The maximum Gasteiger partial charge on any atom is 0.222 e. The molecule has 0 amide bonds. The summed E-state index contributed by atoms with van der Waals surface area (Å²) in [4.78, 5) is 11.1. The number of aromatic nitrogens is 2. The summed E-state index contributed by atoms with van der Waals surface area (Å²) in [6, 6.07) is 9.75. The van der Waals surface area contributed by atoms with Crippen LogP contribution in [0, 0.1) is 5.82 Å². The fourth-order valence-electron chi connectivity index (χ4n) is 4.61. The number of methoxy groups -OCH3 is 1. The van der Waals surface area contributed by atoms with E-state index in [1.165, 1.54) is 31.4 Å². The first-order chi connectivity index (χ1) is 18.2. The number of sulfone groups is 1. The Morgan fingerprint density at radius 2 is 1.79 bits per heavy atom. The van der Waals surface area contributed by atoms with E-state index in [2.05, 4.69) is 34.3 Å². The molecule has 202 valence electrons. The SMILES string of the molecule is COc1cc(CS(=O)(=O)c2ccccc2Cl)c(F)cc1/C=C/c1cnc(NC2CCC(N(C)C)CC2)nc1. The van der Waals surface area contributed by atoms with Crippen LogP contribution in [0.5, 0.6) is 5.75 Å². The molecule has 1 heterocycles. The van der Waals surface area contributed by atoms with E-state index in [0.29, 0.717) is 29.3 Å². The van der Waals surface area contributed by atoms with Crippen LogP contribution in [0.4, 0.5) is 10.3 Å². The number of hydrogen-bond donors (Lipinski definition) is 1. The minimum Gasteiger partial charge on any atom is -0.496 e. The van der Waals surface area contributed by atoms with Crippen LogP contribution in [0.25, 0.3) is 12.2 Å². The molecule has 7 nitrogen and oxygen atoms in total. The molecule has 4 rings (SSSR count). The number of benzene rings is 2. The zero-order valence-electron chi connectivity index (χ0n) is 21.7. The van der Waals surface area contributed by atoms with Crippen molar-refractivity contribution >= 4 is 39.5 Å². The van der Waals surface area contributed by atoms with E-state index in [0.717, 1.165) is 31.2 Å². The summed E-state index contributed by atoms with van der Waals surface area (Å²) in [6.45, 7) is 0. The van der Waals surface area contributed by atoms with Gasteiger partial charge >= 0.3 is 0 Å². The van der Waals surface area contributed by atoms with Gasteiger partial charge in [0.2, 0.25) is 5.95 Å². The van der Waals surface area contributed by atoms with E-state index in [-0.39, 0.29) is 15.5 Å². The van der Waals surface area contributed by atoms with Gasteiger partial charge in [0.1, 0.15) is 11.6 Å². The molecule has 1 saturated carbocycles. The Kier molecular flexibility index (Phi) is 9.02. The number of ether oxygens (including phenoxy) is 1. The molecule has 1 N–H and O–H groups in total. The topological polar surface area (TPSA) is 84.4 Å². The van der Waals surface area contributed by atoms with E-state index >= 15 is 0 Å². The quantitative estimate of drug-likeness (QED) is 0.360. The molecule has 0 spiro atoms. The Morgan fingerprint density at radius 3 is 2.42 bits per heavy atom. The van der Waals surface area contributed by atoms with Gasteiger partial charge in [-0.05, 0) is 64.0 Å². The molecule has 0 atom stereocenters. The number of halogens is 2. The molecule has 1 aliphatic rings. The predicted octanol–water partition coefficient (Wildman–Crippen LogP) is 5.71. The van der Waals surface area contributed by atoms with Crippen LogP contribution in [0.1, 0.15) is 42.4 Å². The highest BCUT2D eigenvalue weighted by molar-refractivity contribution is 7.90. The fraction of sp³-hybridized carbons (Fsp3) is 0.357. The van der Waals surface area contributed by atoms with Crippen molar-refractivity contribution in [2.24, 2.45) is 0 Å². The first-order valence-electron chi connectivity index (χ1n) is 12.4. The van der Waals surface area contributed by atoms with Gasteiger partial charge in [0.05, 0.1) is 22.8 Å². The zero-order chi connectivity index (χ0) is 27.3. The number of nitrogens with zero attached hydrogens (tertiary/aromatic N) is 3. The zero-order valence-corrected chi connectivity index (χ0v) is 23.3. The molecular weight excluding hydrogens is 527 g/mol. The summed E-state index contributed by atoms with van der Waals surface area (Å²) in [5, 5.41) is 3.51. The Bertz CT molecular complexity index is 1390. The predicted molar refractivity (Wildman–Crippen MR) is 150 cm³/mol. The van der Waals surface area contributed by atoms with Gasteiger partial charge in [-0.25, -0.2) is 22.8 Å². The van der Waals surface area contributed by atoms with E-state index in [1.54, 1.807) is 36.7 Å². The monoisotopic (exact) mass is 558 g/mol. The second-order valence-electron chi connectivity index (χ2n) is 9.66. The largest absolute Gasteiger partial charge is 0.496 e. The Labute approximate surface area is 228 Å². The highest BCUT2D eigenvalue weighted by Gasteiger charge is 2.23. The summed E-state index contributed by atoms with van der Waals surface area (Å²) in [5.74, 6) is -0.259. The molecule has 38 heavy (non-hydrogen) atoms. The van der Waals surface area contributed by atoms with Crippen molar-refractivity contribution in [1.82, 2.24) is 14.9 Å². The van der Waals surface area contributed by atoms with Gasteiger partial charge in [-0.3, -0.25) is 0 Å². The number of hydrogen-bond acceptors (Lipinski definition) is 7. The van der Waals surface area contributed by atoms with Crippen LogP contribution in [0.15, 0.2) is 53.7 Å². The average molecular weight is 559 g/mol. The van der Waals surface area contributed by atoms with E-state index < -0.39 is 21.4 Å². The Hall–Kier alpha value is -3.01. The highest BCUT2D eigenvalue weighted by Crippen LogP contribution is 2.30. The van der Waals surface area contributed by atoms with E-state index in [9.17, 15) is 12.8 Å². The standard InChI is InChI=1S/C28H32ClFN4O3S/c1-34(2)23-12-10-22(11-13-23)33-28-31-16-19(17-32-28)8-9-20-14-25(30)21(15-26(20)37-3)18-38(35,36)27-7-5-4-6-24(27)29/h4-9,14-17,22-23H,10-13,18H2,1-3H3,(H,31,32,33)/b9-8+. The van der Waals surface area contributed by atoms with Gasteiger partial charge in [0.15, 0.2) is 9.84 Å². The van der Waals surface area contributed by atoms with Crippen LogP contribution >= 0.6 is 11.6 Å². The third-order valence-electron chi connectivity index (χ3n) is 6.80. The van der Waals surface area contributed by atoms with Crippen LogP contribution in [0.3, 0.4) is 0 Å². The van der Waals surface area contributed by atoms with Crippen molar-refractivity contribution in [3.63, 3.8) is 0 Å². The lowest BCUT2D eigenvalue weighted by Gasteiger charge is -2.32. The summed E-state index contributed by atoms with van der Waals surface area (Å²) >= 11 is 6.05. The van der Waals surface area contributed by atoms with Gasteiger partial charge in [-0.15, -0.1) is 0 Å². The number of rotatable bonds is 9. The van der Waals surface area contributed by atoms with Crippen molar-refractivity contribution in [2.75, 3.05) is 26.5 Å². The molecule has 0 radical (unpaired) electrons. The molecule has 2 aromatic carbocycles. The van der Waals surface area contributed by atoms with Crippen molar-refractivity contribution in [3.8, 4) is 5.75 Å². The first kappa shape index (κ1) is 28.0. The van der Waals surface area contributed by atoms with Crippen LogP contribution in [-0.2, 0) is 15.6 Å². The van der Waals surface area contributed by atoms with Gasteiger partial charge in [0, 0.05) is 41.2 Å². The van der Waals surface area contributed by atoms with Crippen molar-refractivity contribution in [3.05, 3.63) is 76.3 Å². The molecule has 0 unspecified atom stereocenters. The molecule has 0 saturated heterocycles. The average Bonchev–Trinajstić information content (AvgIpc) is 2.90. The molecule has 10 heteroatoms. The fourth-order valence-corrected chi connectivity index (χ4v) is 6.54. The molecule has 1 fully saturated rings. The molecule has 1 aromatic heterocycles. The van der Waals surface area contributed by atoms with Crippen LogP contribution in [-0.4, -0.2) is 56.6 Å². The third-order valence-corrected chi connectivity index (χ3v) is 8.96. The summed E-state index contributed by atoms with van der Waals surface area (Å²) in [6.07, 6.45) is 11.3. The van der Waals surface area contributed by atoms with E-state index in [1.807, 2.05) is 0 Å². The Balaban J connectivity index is 1.44. The van der Waals surface area contributed by atoms with Gasteiger partial charge < -0.3 is 15.0 Å². The maximum atomic E-state index is 15.0. The van der Waals surface area contributed by atoms with Gasteiger partial charge in [-0.1, -0.05) is 35.9 Å². The lowest BCUT2D eigenvalue weighted by atomic mass is 9.91. The van der Waals surface area contributed by atoms with Gasteiger partial charge in [0.25, 0.3) is 0 Å². The molecule has 1 aliphatic carbocycles. The number of nitrogens with one attached hydrogen (secondary N) is 1. The van der Waals surface area contributed by atoms with Gasteiger partial charge in [-0.2, -0.15) is 0 Å². The second-order valence-corrected chi connectivity index (χ2v) is 12.0. The summed E-state index contributed by atoms with van der Waals surface area (Å²) in [7, 11) is 1.85. The van der Waals surface area contributed by atoms with Crippen molar-refractivity contribution < 1.29 is 17.5 Å². The molecule has 3 aromatic rings. The van der Waals surface area contributed by atoms with Crippen LogP contribution < -0.4 is 10.1 Å². The number of anilines is 1. The third kappa shape index (κ3) is 6.89. The normalized spacial score (nSPS) is 18.2. The lowest BCUT2D eigenvalue weighted by molar-refractivity contribution is 0.221. The summed E-state index contributed by atoms with van der Waals surface area (Å²) < 4.78 is 46.1. The minimum absolute atomic E-state index is 0.00250. The highest BCUT2D eigenvalue weighted by atomic mass is 35.5. The van der Waals surface area contributed by atoms with Crippen molar-refractivity contribution in [2.45, 2.75) is 48.4 Å². The minimum atomic E-state index is -3.85. The maximum absolute atomic E-state index is 15.0. The van der Waals surface area contributed by atoms with E-state index in [4.69, 9.17) is 16.3 Å². The summed E-state index contributed by atoms with van der Waals surface area (Å²) in [5.41, 5.74) is 1.20. The smallest absolute Gasteiger partial charge is 0.222 e. The Morgan fingerprint density at radius 1 is 1.11 bits per heavy atom. The van der Waals surface area contributed by atoms with Crippen molar-refractivity contribution in [1.29, 1.82) is 0 Å². The lowest BCUT2D eigenvalue weighted by Crippen LogP contribution is -2.36. The molecule has 0 aliphatic heterocycles. The van der Waals surface area contributed by atoms with Crippen LogP contribution in [0.2, 0.25) is 5.02 Å².